The van der Waals surface area contributed by atoms with Crippen molar-refractivity contribution in [3.63, 3.8) is 0 Å². The Hall–Kier alpha value is -0.520. The number of nitrogens with zero attached hydrogens (tertiary/aromatic N) is 1. The molecule has 0 bridgehead atoms. The van der Waals surface area contributed by atoms with Crippen molar-refractivity contribution in [2.24, 2.45) is 11.7 Å². The third kappa shape index (κ3) is 2.21. The van der Waals surface area contributed by atoms with E-state index in [1.807, 2.05) is 0 Å². The number of terminal acetylenes is 1. The first-order chi connectivity index (χ1) is 5.24. The van der Waals surface area contributed by atoms with Crippen LogP contribution in [0.25, 0.3) is 0 Å². The predicted molar refractivity (Wildman–Crippen MR) is 47.0 cm³/mol. The first-order valence-electron chi connectivity index (χ1n) is 4.15. The highest BCUT2D eigenvalue weighted by atomic mass is 15.1. The summed E-state index contributed by atoms with van der Waals surface area (Å²) in [5, 5.41) is 0. The van der Waals surface area contributed by atoms with Gasteiger partial charge in [0, 0.05) is 19.1 Å². The molecule has 2 nitrogen and oxygen atoms in total. The number of hydrogen-bond acceptors (Lipinski definition) is 2. The fraction of sp³-hybridized carbons (Fsp3) is 0.778. The van der Waals surface area contributed by atoms with Gasteiger partial charge >= 0.3 is 0 Å². The van der Waals surface area contributed by atoms with Gasteiger partial charge in [0.25, 0.3) is 0 Å². The van der Waals surface area contributed by atoms with E-state index in [9.17, 15) is 0 Å². The van der Waals surface area contributed by atoms with Crippen molar-refractivity contribution in [2.75, 3.05) is 19.6 Å². The molecule has 0 aromatic heterocycles. The van der Waals surface area contributed by atoms with Gasteiger partial charge in [-0.2, -0.15) is 0 Å². The summed E-state index contributed by atoms with van der Waals surface area (Å²) in [4.78, 5) is 2.29. The van der Waals surface area contributed by atoms with E-state index in [-0.39, 0.29) is 0 Å². The molecule has 2 N–H and O–H groups in total. The quantitative estimate of drug-likeness (QED) is 0.547. The van der Waals surface area contributed by atoms with Crippen LogP contribution in [0.3, 0.4) is 0 Å². The summed E-state index contributed by atoms with van der Waals surface area (Å²) in [5.41, 5.74) is 5.86. The van der Waals surface area contributed by atoms with Gasteiger partial charge < -0.3 is 5.73 Å². The molecule has 2 atom stereocenters. The van der Waals surface area contributed by atoms with Crippen molar-refractivity contribution < 1.29 is 0 Å². The molecule has 0 aliphatic carbocycles. The minimum absolute atomic E-state index is 0.379. The maximum absolute atomic E-state index is 5.86. The van der Waals surface area contributed by atoms with Crippen LogP contribution in [0.1, 0.15) is 13.3 Å². The Morgan fingerprint density at radius 2 is 2.45 bits per heavy atom. The topological polar surface area (TPSA) is 29.3 Å². The maximum Gasteiger partial charge on any atom is 0.0599 e. The minimum Gasteiger partial charge on any atom is -0.327 e. The van der Waals surface area contributed by atoms with Crippen LogP contribution in [0, 0.1) is 18.3 Å². The molecule has 0 spiro atoms. The molecule has 1 saturated heterocycles. The molecule has 0 aromatic carbocycles. The van der Waals surface area contributed by atoms with Crippen molar-refractivity contribution in [1.82, 2.24) is 4.90 Å². The van der Waals surface area contributed by atoms with E-state index < -0.39 is 0 Å². The highest BCUT2D eigenvalue weighted by Crippen LogP contribution is 2.13. The van der Waals surface area contributed by atoms with Gasteiger partial charge in [0.05, 0.1) is 6.54 Å². The Bertz CT molecular complexity index is 159. The average molecular weight is 152 g/mol. The molecule has 2 heteroatoms. The highest BCUT2D eigenvalue weighted by molar-refractivity contribution is 4.91. The lowest BCUT2D eigenvalue weighted by molar-refractivity contribution is 0.182. The SMILES string of the molecule is C#CCN1CCC(N)C(C)C1. The molecular formula is C9H16N2. The van der Waals surface area contributed by atoms with Crippen LogP contribution in [-0.2, 0) is 0 Å². The standard InChI is InChI=1S/C9H16N2/c1-3-5-11-6-4-9(10)8(2)7-11/h1,8-9H,4-7,10H2,2H3. The fourth-order valence-electron chi connectivity index (χ4n) is 1.52. The van der Waals surface area contributed by atoms with Gasteiger partial charge in [-0.05, 0) is 12.3 Å². The molecule has 0 radical (unpaired) electrons. The molecule has 2 unspecified atom stereocenters. The number of piperidine rings is 1. The van der Waals surface area contributed by atoms with Gasteiger partial charge in [0.15, 0.2) is 0 Å². The van der Waals surface area contributed by atoms with Gasteiger partial charge in [0.1, 0.15) is 0 Å². The first kappa shape index (κ1) is 8.58. The summed E-state index contributed by atoms with van der Waals surface area (Å²) in [6.45, 7) is 5.09. The lowest BCUT2D eigenvalue weighted by Crippen LogP contribution is -2.45. The number of likely N-dealkylation sites (tertiary alicyclic amines) is 1. The lowest BCUT2D eigenvalue weighted by atomic mass is 9.95. The predicted octanol–water partition coefficient (Wildman–Crippen LogP) is 0.289. The van der Waals surface area contributed by atoms with Gasteiger partial charge in [-0.25, -0.2) is 0 Å². The number of rotatable bonds is 1. The Kier molecular flexibility index (Phi) is 2.92. The lowest BCUT2D eigenvalue weighted by Gasteiger charge is -2.33. The van der Waals surface area contributed by atoms with Gasteiger partial charge in [-0.15, -0.1) is 6.42 Å². The molecule has 1 aliphatic heterocycles. The van der Waals surface area contributed by atoms with Crippen LogP contribution in [0.2, 0.25) is 0 Å². The molecule has 1 heterocycles. The molecular weight excluding hydrogens is 136 g/mol. The average Bonchev–Trinajstić information content (AvgIpc) is 1.98. The van der Waals surface area contributed by atoms with Crippen LogP contribution in [0.4, 0.5) is 0 Å². The normalized spacial score (nSPS) is 33.2. The zero-order valence-electron chi connectivity index (χ0n) is 7.09. The van der Waals surface area contributed by atoms with Gasteiger partial charge in [-0.1, -0.05) is 12.8 Å². The molecule has 1 aliphatic rings. The van der Waals surface area contributed by atoms with Gasteiger partial charge in [0.2, 0.25) is 0 Å². The van der Waals surface area contributed by atoms with Crippen molar-refractivity contribution in [3.8, 4) is 12.3 Å². The second-order valence-electron chi connectivity index (χ2n) is 3.37. The van der Waals surface area contributed by atoms with E-state index in [4.69, 9.17) is 12.2 Å². The Balaban J connectivity index is 2.35. The van der Waals surface area contributed by atoms with E-state index in [0.717, 1.165) is 26.1 Å². The molecule has 62 valence electrons. The van der Waals surface area contributed by atoms with Crippen LogP contribution in [0.15, 0.2) is 0 Å². The second-order valence-corrected chi connectivity index (χ2v) is 3.37. The minimum atomic E-state index is 0.379. The van der Waals surface area contributed by atoms with E-state index >= 15 is 0 Å². The third-order valence-electron chi connectivity index (χ3n) is 2.37. The molecule has 0 amide bonds. The molecule has 1 rings (SSSR count). The monoisotopic (exact) mass is 152 g/mol. The van der Waals surface area contributed by atoms with Crippen LogP contribution >= 0.6 is 0 Å². The number of nitrogens with two attached hydrogens (primary N) is 1. The zero-order valence-corrected chi connectivity index (χ0v) is 7.09. The van der Waals surface area contributed by atoms with E-state index in [1.165, 1.54) is 0 Å². The first-order valence-corrected chi connectivity index (χ1v) is 4.15. The fourth-order valence-corrected chi connectivity index (χ4v) is 1.52. The summed E-state index contributed by atoms with van der Waals surface area (Å²) in [7, 11) is 0. The molecule has 0 aromatic rings. The summed E-state index contributed by atoms with van der Waals surface area (Å²) in [6, 6.07) is 0.379. The summed E-state index contributed by atoms with van der Waals surface area (Å²) in [6.07, 6.45) is 6.30. The Morgan fingerprint density at radius 3 is 3.00 bits per heavy atom. The summed E-state index contributed by atoms with van der Waals surface area (Å²) < 4.78 is 0. The van der Waals surface area contributed by atoms with E-state index in [0.29, 0.717) is 12.0 Å². The van der Waals surface area contributed by atoms with Crippen molar-refractivity contribution in [3.05, 3.63) is 0 Å². The molecule has 1 fully saturated rings. The van der Waals surface area contributed by atoms with Crippen molar-refractivity contribution in [1.29, 1.82) is 0 Å². The summed E-state index contributed by atoms with van der Waals surface area (Å²) >= 11 is 0. The van der Waals surface area contributed by atoms with Crippen LogP contribution in [-0.4, -0.2) is 30.6 Å². The van der Waals surface area contributed by atoms with Crippen molar-refractivity contribution in [2.45, 2.75) is 19.4 Å². The third-order valence-corrected chi connectivity index (χ3v) is 2.37. The van der Waals surface area contributed by atoms with E-state index in [2.05, 4.69) is 17.7 Å². The Labute approximate surface area is 68.8 Å². The molecule has 0 saturated carbocycles. The zero-order chi connectivity index (χ0) is 8.27. The van der Waals surface area contributed by atoms with Gasteiger partial charge in [-0.3, -0.25) is 4.90 Å². The van der Waals surface area contributed by atoms with E-state index in [1.54, 1.807) is 0 Å². The second kappa shape index (κ2) is 3.75. The highest BCUT2D eigenvalue weighted by Gasteiger charge is 2.21. The summed E-state index contributed by atoms with van der Waals surface area (Å²) in [5.74, 6) is 3.25. The smallest absolute Gasteiger partial charge is 0.0599 e. The number of hydrogen-bond donors (Lipinski definition) is 1. The van der Waals surface area contributed by atoms with Crippen LogP contribution in [0.5, 0.6) is 0 Å². The Morgan fingerprint density at radius 1 is 1.73 bits per heavy atom. The molecule has 11 heavy (non-hydrogen) atoms. The van der Waals surface area contributed by atoms with Crippen molar-refractivity contribution >= 4 is 0 Å². The van der Waals surface area contributed by atoms with Crippen LogP contribution < -0.4 is 5.73 Å². The largest absolute Gasteiger partial charge is 0.327 e. The maximum atomic E-state index is 5.86.